The van der Waals surface area contributed by atoms with Crippen molar-refractivity contribution < 1.29 is 4.79 Å². The van der Waals surface area contributed by atoms with E-state index in [1.54, 1.807) is 11.3 Å². The Morgan fingerprint density at radius 2 is 2.05 bits per heavy atom. The number of carbonyl (C=O) groups excluding carboxylic acids is 1. The Morgan fingerprint density at radius 3 is 2.75 bits per heavy atom. The number of thiophene rings is 1. The number of amides is 1. The lowest BCUT2D eigenvalue weighted by Gasteiger charge is -2.19. The van der Waals surface area contributed by atoms with Gasteiger partial charge in [-0.15, -0.1) is 11.3 Å². The monoisotopic (exact) mass is 291 g/mol. The summed E-state index contributed by atoms with van der Waals surface area (Å²) in [6.07, 6.45) is 9.86. The SMILES string of the molecule is CCC1CCc2sc(C(=O)N3CCCCCC3)cc2C1. The molecular formula is C17H25NOS. The van der Waals surface area contributed by atoms with Gasteiger partial charge in [-0.25, -0.2) is 0 Å². The number of carbonyl (C=O) groups is 1. The molecule has 1 unspecified atom stereocenters. The van der Waals surface area contributed by atoms with Crippen molar-refractivity contribution >= 4 is 17.2 Å². The Labute approximate surface area is 126 Å². The highest BCUT2D eigenvalue weighted by Crippen LogP contribution is 2.34. The molecule has 1 saturated heterocycles. The van der Waals surface area contributed by atoms with E-state index in [0.29, 0.717) is 5.91 Å². The molecule has 3 heteroatoms. The molecule has 1 aromatic rings. The Kier molecular flexibility index (Phi) is 4.45. The molecule has 2 nitrogen and oxygen atoms in total. The first-order chi connectivity index (χ1) is 9.78. The second-order valence-corrected chi connectivity index (χ2v) is 7.42. The van der Waals surface area contributed by atoms with Crippen molar-refractivity contribution in [3.8, 4) is 0 Å². The van der Waals surface area contributed by atoms with Gasteiger partial charge in [0.15, 0.2) is 0 Å². The number of fused-ring (bicyclic) bond motifs is 1. The molecule has 0 spiro atoms. The Balaban J connectivity index is 1.74. The fraction of sp³-hybridized carbons (Fsp3) is 0.706. The molecule has 1 amide bonds. The van der Waals surface area contributed by atoms with Gasteiger partial charge in [-0.2, -0.15) is 0 Å². The first-order valence-electron chi connectivity index (χ1n) is 8.18. The van der Waals surface area contributed by atoms with Crippen molar-refractivity contribution in [1.29, 1.82) is 0 Å². The van der Waals surface area contributed by atoms with Crippen LogP contribution in [0.25, 0.3) is 0 Å². The van der Waals surface area contributed by atoms with E-state index in [4.69, 9.17) is 0 Å². The first-order valence-corrected chi connectivity index (χ1v) is 9.00. The van der Waals surface area contributed by atoms with Gasteiger partial charge >= 0.3 is 0 Å². The van der Waals surface area contributed by atoms with Crippen LogP contribution >= 0.6 is 11.3 Å². The molecule has 2 heterocycles. The molecule has 0 radical (unpaired) electrons. The minimum Gasteiger partial charge on any atom is -0.338 e. The van der Waals surface area contributed by atoms with E-state index in [0.717, 1.165) is 23.9 Å². The van der Waals surface area contributed by atoms with Gasteiger partial charge in [0, 0.05) is 18.0 Å². The van der Waals surface area contributed by atoms with Crippen molar-refractivity contribution in [2.75, 3.05) is 13.1 Å². The number of hydrogen-bond acceptors (Lipinski definition) is 2. The van der Waals surface area contributed by atoms with Gasteiger partial charge in [-0.1, -0.05) is 26.2 Å². The number of nitrogens with zero attached hydrogens (tertiary/aromatic N) is 1. The standard InChI is InChI=1S/C17H25NOS/c1-2-13-7-8-15-14(11-13)12-16(20-15)17(19)18-9-5-3-4-6-10-18/h12-13H,2-11H2,1H3. The van der Waals surface area contributed by atoms with Crippen molar-refractivity contribution in [1.82, 2.24) is 4.90 Å². The summed E-state index contributed by atoms with van der Waals surface area (Å²) in [5.74, 6) is 1.12. The third-order valence-corrected chi connectivity index (χ3v) is 6.09. The maximum atomic E-state index is 12.7. The smallest absolute Gasteiger partial charge is 0.263 e. The van der Waals surface area contributed by atoms with Crippen LogP contribution in [0.15, 0.2) is 6.07 Å². The van der Waals surface area contributed by atoms with Crippen LogP contribution in [0, 0.1) is 5.92 Å². The summed E-state index contributed by atoms with van der Waals surface area (Å²) >= 11 is 1.77. The summed E-state index contributed by atoms with van der Waals surface area (Å²) in [5.41, 5.74) is 1.46. The molecule has 2 aliphatic rings. The average molecular weight is 291 g/mol. The first kappa shape index (κ1) is 14.1. The van der Waals surface area contributed by atoms with Crippen molar-refractivity contribution in [2.24, 2.45) is 5.92 Å². The zero-order chi connectivity index (χ0) is 13.9. The molecule has 1 aromatic heterocycles. The van der Waals surface area contributed by atoms with Gasteiger partial charge in [0.2, 0.25) is 0 Å². The van der Waals surface area contributed by atoms with Crippen LogP contribution in [0.4, 0.5) is 0 Å². The molecule has 20 heavy (non-hydrogen) atoms. The van der Waals surface area contributed by atoms with Gasteiger partial charge < -0.3 is 4.90 Å². The minimum atomic E-state index is 0.291. The van der Waals surface area contributed by atoms with Crippen LogP contribution in [0.5, 0.6) is 0 Å². The molecule has 110 valence electrons. The van der Waals surface area contributed by atoms with Crippen LogP contribution in [0.2, 0.25) is 0 Å². The van der Waals surface area contributed by atoms with Crippen molar-refractivity contribution in [2.45, 2.75) is 58.3 Å². The number of aryl methyl sites for hydroxylation is 1. The highest BCUT2D eigenvalue weighted by Gasteiger charge is 2.24. The lowest BCUT2D eigenvalue weighted by Crippen LogP contribution is -2.31. The van der Waals surface area contributed by atoms with Gasteiger partial charge in [-0.05, 0) is 49.7 Å². The second-order valence-electron chi connectivity index (χ2n) is 6.28. The lowest BCUT2D eigenvalue weighted by molar-refractivity contribution is 0.0766. The summed E-state index contributed by atoms with van der Waals surface area (Å²) in [7, 11) is 0. The van der Waals surface area contributed by atoms with E-state index in [9.17, 15) is 4.79 Å². The van der Waals surface area contributed by atoms with Crippen LogP contribution in [-0.2, 0) is 12.8 Å². The molecular weight excluding hydrogens is 266 g/mol. The fourth-order valence-corrected chi connectivity index (χ4v) is 4.66. The van der Waals surface area contributed by atoms with Crippen molar-refractivity contribution in [3.05, 3.63) is 21.4 Å². The molecule has 0 N–H and O–H groups in total. The van der Waals surface area contributed by atoms with Gasteiger partial charge in [0.25, 0.3) is 5.91 Å². The maximum Gasteiger partial charge on any atom is 0.263 e. The molecule has 0 bridgehead atoms. The zero-order valence-electron chi connectivity index (χ0n) is 12.5. The molecule has 1 aliphatic carbocycles. The topological polar surface area (TPSA) is 20.3 Å². The minimum absolute atomic E-state index is 0.291. The second kappa shape index (κ2) is 6.30. The molecule has 0 saturated carbocycles. The highest BCUT2D eigenvalue weighted by atomic mass is 32.1. The van der Waals surface area contributed by atoms with Gasteiger partial charge in [0.05, 0.1) is 4.88 Å². The summed E-state index contributed by atoms with van der Waals surface area (Å²) in [4.78, 5) is 17.2. The summed E-state index contributed by atoms with van der Waals surface area (Å²) in [6.45, 7) is 4.20. The zero-order valence-corrected chi connectivity index (χ0v) is 13.3. The van der Waals surface area contributed by atoms with Crippen LogP contribution < -0.4 is 0 Å². The van der Waals surface area contributed by atoms with Gasteiger partial charge in [0.1, 0.15) is 0 Å². The average Bonchev–Trinajstić information content (AvgIpc) is 2.71. The third-order valence-electron chi connectivity index (χ3n) is 4.87. The van der Waals surface area contributed by atoms with E-state index in [2.05, 4.69) is 17.9 Å². The largest absolute Gasteiger partial charge is 0.338 e. The number of hydrogen-bond donors (Lipinski definition) is 0. The molecule has 0 aromatic carbocycles. The molecule has 1 atom stereocenters. The van der Waals surface area contributed by atoms with E-state index < -0.39 is 0 Å². The number of rotatable bonds is 2. The predicted molar refractivity (Wildman–Crippen MR) is 84.5 cm³/mol. The summed E-state index contributed by atoms with van der Waals surface area (Å²) in [6, 6.07) is 2.20. The van der Waals surface area contributed by atoms with E-state index in [1.165, 1.54) is 61.8 Å². The number of likely N-dealkylation sites (tertiary alicyclic amines) is 1. The highest BCUT2D eigenvalue weighted by molar-refractivity contribution is 7.14. The quantitative estimate of drug-likeness (QED) is 0.796. The summed E-state index contributed by atoms with van der Waals surface area (Å²) < 4.78 is 0. The Morgan fingerprint density at radius 1 is 1.30 bits per heavy atom. The molecule has 1 fully saturated rings. The lowest BCUT2D eigenvalue weighted by atomic mass is 9.87. The van der Waals surface area contributed by atoms with Crippen LogP contribution in [0.1, 0.15) is 65.6 Å². The van der Waals surface area contributed by atoms with E-state index in [-0.39, 0.29) is 0 Å². The van der Waals surface area contributed by atoms with Crippen LogP contribution in [-0.4, -0.2) is 23.9 Å². The summed E-state index contributed by atoms with van der Waals surface area (Å²) in [5, 5.41) is 0. The third kappa shape index (κ3) is 2.93. The Hall–Kier alpha value is -0.830. The van der Waals surface area contributed by atoms with Gasteiger partial charge in [-0.3, -0.25) is 4.79 Å². The van der Waals surface area contributed by atoms with E-state index in [1.807, 2.05) is 0 Å². The van der Waals surface area contributed by atoms with E-state index >= 15 is 0 Å². The molecule has 3 rings (SSSR count). The predicted octanol–water partition coefficient (Wildman–Crippen LogP) is 4.28. The fourth-order valence-electron chi connectivity index (χ4n) is 3.48. The normalized spacial score (nSPS) is 23.2. The van der Waals surface area contributed by atoms with Crippen molar-refractivity contribution in [3.63, 3.8) is 0 Å². The maximum absolute atomic E-state index is 12.7. The molecule has 1 aliphatic heterocycles. The Bertz CT molecular complexity index is 471. The van der Waals surface area contributed by atoms with Crippen LogP contribution in [0.3, 0.4) is 0 Å².